The fourth-order valence-corrected chi connectivity index (χ4v) is 0.619. The first-order valence-electron chi connectivity index (χ1n) is 4.00. The fourth-order valence-electron chi connectivity index (χ4n) is 0.619. The molecule has 62 valence electrons. The summed E-state index contributed by atoms with van der Waals surface area (Å²) in [5.41, 5.74) is 0. The molecule has 11 heavy (non-hydrogen) atoms. The van der Waals surface area contributed by atoms with Gasteiger partial charge < -0.3 is 0 Å². The van der Waals surface area contributed by atoms with Crippen molar-refractivity contribution < 1.29 is 0 Å². The van der Waals surface area contributed by atoms with Gasteiger partial charge >= 0.3 is 0 Å². The van der Waals surface area contributed by atoms with Gasteiger partial charge in [0.25, 0.3) is 0 Å². The van der Waals surface area contributed by atoms with E-state index in [2.05, 4.69) is 24.9 Å². The molecular weight excluding hydrogens is 136 g/mol. The predicted octanol–water partition coefficient (Wildman–Crippen LogP) is 2.26. The van der Waals surface area contributed by atoms with Crippen LogP contribution >= 0.6 is 0 Å². The van der Waals surface area contributed by atoms with Crippen LogP contribution in [-0.4, -0.2) is 12.3 Å². The van der Waals surface area contributed by atoms with Gasteiger partial charge in [0.2, 0.25) is 0 Å². The maximum Gasteiger partial charge on any atom is 0.138 e. The van der Waals surface area contributed by atoms with Crippen molar-refractivity contribution in [2.75, 3.05) is 0 Å². The van der Waals surface area contributed by atoms with Gasteiger partial charge in [-0.1, -0.05) is 27.7 Å². The van der Waals surface area contributed by atoms with E-state index in [-0.39, 0.29) is 6.04 Å². The minimum Gasteiger partial charge on any atom is -0.278 e. The van der Waals surface area contributed by atoms with Crippen molar-refractivity contribution in [3.05, 3.63) is 0 Å². The third-order valence-electron chi connectivity index (χ3n) is 1.31. The highest BCUT2D eigenvalue weighted by atomic mass is 14.8. The Bertz CT molecular complexity index is 163. The lowest BCUT2D eigenvalue weighted by atomic mass is 10.1. The topological polar surface area (TPSA) is 36.1 Å². The Morgan fingerprint density at radius 2 is 1.82 bits per heavy atom. The lowest BCUT2D eigenvalue weighted by Gasteiger charge is -2.06. The van der Waals surface area contributed by atoms with Gasteiger partial charge in [0.05, 0.1) is 6.07 Å². The molecule has 0 aromatic heterocycles. The Morgan fingerprint density at radius 1 is 1.27 bits per heavy atom. The summed E-state index contributed by atoms with van der Waals surface area (Å²) in [6, 6.07) is 1.99. The number of hydrogen-bond donors (Lipinski definition) is 0. The van der Waals surface area contributed by atoms with Crippen LogP contribution in [0.25, 0.3) is 0 Å². The molecule has 0 aliphatic heterocycles. The molecule has 1 unspecified atom stereocenters. The summed E-state index contributed by atoms with van der Waals surface area (Å²) >= 11 is 0. The Hall–Kier alpha value is -0.840. The van der Waals surface area contributed by atoms with Gasteiger partial charge in [0.1, 0.15) is 6.04 Å². The number of nitrogens with zero attached hydrogens (tertiary/aromatic N) is 2. The summed E-state index contributed by atoms with van der Waals surface area (Å²) in [7, 11) is 0. The summed E-state index contributed by atoms with van der Waals surface area (Å²) in [6.07, 6.45) is 1.84. The Balaban J connectivity index is 4.00. The Labute approximate surface area is 68.9 Å². The molecule has 0 bridgehead atoms. The van der Waals surface area contributed by atoms with Gasteiger partial charge in [-0.3, -0.25) is 4.99 Å². The lowest BCUT2D eigenvalue weighted by Crippen LogP contribution is -2.10. The van der Waals surface area contributed by atoms with Crippen LogP contribution in [0, 0.1) is 23.2 Å². The number of aliphatic imine (C=N–C) groups is 1. The van der Waals surface area contributed by atoms with Crippen LogP contribution in [0.1, 0.15) is 27.7 Å². The molecule has 0 aliphatic rings. The van der Waals surface area contributed by atoms with Crippen molar-refractivity contribution in [3.63, 3.8) is 0 Å². The van der Waals surface area contributed by atoms with E-state index < -0.39 is 0 Å². The van der Waals surface area contributed by atoms with Crippen molar-refractivity contribution in [1.29, 1.82) is 5.26 Å². The summed E-state index contributed by atoms with van der Waals surface area (Å²) < 4.78 is 0. The Morgan fingerprint density at radius 3 is 2.09 bits per heavy atom. The highest BCUT2D eigenvalue weighted by Crippen LogP contribution is 2.04. The van der Waals surface area contributed by atoms with Gasteiger partial charge in [-0.25, -0.2) is 0 Å². The summed E-state index contributed by atoms with van der Waals surface area (Å²) in [5.74, 6) is 0.750. The SMILES string of the molecule is CC(C)C=NC(C#N)C(C)C. The maximum atomic E-state index is 8.65. The zero-order valence-electron chi connectivity index (χ0n) is 7.70. The van der Waals surface area contributed by atoms with Crippen LogP contribution in [0.15, 0.2) is 4.99 Å². The zero-order valence-corrected chi connectivity index (χ0v) is 7.70. The molecule has 0 saturated carbocycles. The van der Waals surface area contributed by atoms with E-state index in [4.69, 9.17) is 5.26 Å². The van der Waals surface area contributed by atoms with E-state index in [0.717, 1.165) is 0 Å². The molecule has 0 heterocycles. The maximum absolute atomic E-state index is 8.65. The lowest BCUT2D eigenvalue weighted by molar-refractivity contribution is 0.581. The van der Waals surface area contributed by atoms with Crippen LogP contribution in [0.3, 0.4) is 0 Å². The van der Waals surface area contributed by atoms with Crippen molar-refractivity contribution in [2.45, 2.75) is 33.7 Å². The van der Waals surface area contributed by atoms with Crippen LogP contribution in [0.4, 0.5) is 0 Å². The van der Waals surface area contributed by atoms with Crippen molar-refractivity contribution in [2.24, 2.45) is 16.8 Å². The molecule has 0 aromatic carbocycles. The van der Waals surface area contributed by atoms with Crippen molar-refractivity contribution in [3.8, 4) is 6.07 Å². The van der Waals surface area contributed by atoms with E-state index in [1.165, 1.54) is 0 Å². The van der Waals surface area contributed by atoms with Crippen molar-refractivity contribution in [1.82, 2.24) is 0 Å². The van der Waals surface area contributed by atoms with Gasteiger partial charge in [-0.15, -0.1) is 0 Å². The predicted molar refractivity (Wildman–Crippen MR) is 47.6 cm³/mol. The monoisotopic (exact) mass is 152 g/mol. The molecule has 0 spiro atoms. The zero-order chi connectivity index (χ0) is 8.85. The summed E-state index contributed by atoms with van der Waals surface area (Å²) in [5, 5.41) is 8.65. The third kappa shape index (κ3) is 4.55. The quantitative estimate of drug-likeness (QED) is 0.571. The second kappa shape index (κ2) is 4.90. The van der Waals surface area contributed by atoms with E-state index in [1.54, 1.807) is 0 Å². The van der Waals surface area contributed by atoms with Gasteiger partial charge in [-0.2, -0.15) is 5.26 Å². The fraction of sp³-hybridized carbons (Fsp3) is 0.778. The third-order valence-corrected chi connectivity index (χ3v) is 1.31. The minimum atomic E-state index is -0.169. The molecule has 0 saturated heterocycles. The van der Waals surface area contributed by atoms with Gasteiger partial charge in [0.15, 0.2) is 0 Å². The summed E-state index contributed by atoms with van der Waals surface area (Å²) in [6.45, 7) is 8.12. The molecular formula is C9H16N2. The summed E-state index contributed by atoms with van der Waals surface area (Å²) in [4.78, 5) is 4.16. The minimum absolute atomic E-state index is 0.169. The van der Waals surface area contributed by atoms with E-state index in [9.17, 15) is 0 Å². The Kier molecular flexibility index (Phi) is 4.52. The van der Waals surface area contributed by atoms with Gasteiger partial charge in [0, 0.05) is 6.21 Å². The van der Waals surface area contributed by atoms with E-state index >= 15 is 0 Å². The normalized spacial score (nSPS) is 14.3. The van der Waals surface area contributed by atoms with Crippen molar-refractivity contribution >= 4 is 6.21 Å². The second-order valence-electron chi connectivity index (χ2n) is 3.36. The first-order valence-corrected chi connectivity index (χ1v) is 4.00. The molecule has 0 aliphatic carbocycles. The molecule has 2 nitrogen and oxygen atoms in total. The molecule has 0 N–H and O–H groups in total. The smallest absolute Gasteiger partial charge is 0.138 e. The first-order chi connectivity index (χ1) is 5.07. The second-order valence-corrected chi connectivity index (χ2v) is 3.36. The highest BCUT2D eigenvalue weighted by molar-refractivity contribution is 5.60. The van der Waals surface area contributed by atoms with Crippen LogP contribution in [-0.2, 0) is 0 Å². The van der Waals surface area contributed by atoms with Crippen LogP contribution in [0.5, 0.6) is 0 Å². The molecule has 0 amide bonds. The molecule has 0 aromatic rings. The molecule has 1 atom stereocenters. The molecule has 0 fully saturated rings. The van der Waals surface area contributed by atoms with Crippen LogP contribution in [0.2, 0.25) is 0 Å². The average molecular weight is 152 g/mol. The molecule has 0 radical (unpaired) electrons. The average Bonchev–Trinajstić information content (AvgIpc) is 1.87. The van der Waals surface area contributed by atoms with E-state index in [0.29, 0.717) is 11.8 Å². The van der Waals surface area contributed by atoms with Gasteiger partial charge in [-0.05, 0) is 11.8 Å². The standard InChI is InChI=1S/C9H16N2/c1-7(2)6-11-9(5-10)8(3)4/h6-9H,1-4H3. The van der Waals surface area contributed by atoms with E-state index in [1.807, 2.05) is 20.1 Å². The largest absolute Gasteiger partial charge is 0.278 e. The number of hydrogen-bond acceptors (Lipinski definition) is 2. The number of rotatable bonds is 3. The molecule has 0 rings (SSSR count). The van der Waals surface area contributed by atoms with Crippen LogP contribution < -0.4 is 0 Å². The first kappa shape index (κ1) is 10.2. The highest BCUT2D eigenvalue weighted by Gasteiger charge is 2.08. The molecule has 2 heteroatoms. The number of nitriles is 1.